The average molecular weight is 465 g/mol. The first kappa shape index (κ1) is 26.1. The molecule has 1 amide bonds. The number of aromatic nitrogens is 1. The van der Waals surface area contributed by atoms with Crippen molar-refractivity contribution in [1.82, 2.24) is 15.0 Å². The molecule has 0 saturated carbocycles. The molecule has 1 aromatic heterocycles. The minimum atomic E-state index is -5.08. The maximum Gasteiger partial charge on any atom is 0.490 e. The number of ether oxygens (including phenoxy) is 2. The summed E-state index contributed by atoms with van der Waals surface area (Å²) in [5.41, 5.74) is 0.197. The Bertz CT molecular complexity index is 772. The Hall–Kier alpha value is -2.18. The normalized spacial score (nSPS) is 23.3. The van der Waals surface area contributed by atoms with E-state index in [2.05, 4.69) is 17.1 Å². The third-order valence-corrected chi connectivity index (χ3v) is 5.45. The molecular formula is C20H30F3N3O6. The number of aliphatic carboxylic acids is 1. The number of hydrogen-bond acceptors (Lipinski definition) is 7. The topological polar surface area (TPSA) is 105 Å². The molecule has 1 aromatic rings. The van der Waals surface area contributed by atoms with Crippen molar-refractivity contribution in [2.24, 2.45) is 5.92 Å². The molecule has 2 aliphatic rings. The Kier molecular flexibility index (Phi) is 9.05. The molecule has 2 saturated heterocycles. The molecular weight excluding hydrogens is 435 g/mol. The zero-order chi connectivity index (χ0) is 23.9. The fourth-order valence-electron chi connectivity index (χ4n) is 4.02. The van der Waals surface area contributed by atoms with E-state index >= 15 is 0 Å². The van der Waals surface area contributed by atoms with Gasteiger partial charge in [0.05, 0.1) is 25.4 Å². The van der Waals surface area contributed by atoms with E-state index in [1.54, 1.807) is 20.1 Å². The zero-order valence-electron chi connectivity index (χ0n) is 18.5. The van der Waals surface area contributed by atoms with Crippen LogP contribution in [0.3, 0.4) is 0 Å². The highest BCUT2D eigenvalue weighted by Crippen LogP contribution is 2.38. The fraction of sp³-hybridized carbons (Fsp3) is 0.750. The quantitative estimate of drug-likeness (QED) is 0.682. The van der Waals surface area contributed by atoms with Crippen LogP contribution < -0.4 is 0 Å². The Morgan fingerprint density at radius 1 is 1.44 bits per heavy atom. The van der Waals surface area contributed by atoms with Crippen molar-refractivity contribution in [3.05, 3.63) is 17.5 Å². The van der Waals surface area contributed by atoms with E-state index < -0.39 is 12.1 Å². The van der Waals surface area contributed by atoms with Gasteiger partial charge in [-0.05, 0) is 39.2 Å². The smallest absolute Gasteiger partial charge is 0.475 e. The second kappa shape index (κ2) is 11.1. The number of hydrogen-bond donors (Lipinski definition) is 1. The summed E-state index contributed by atoms with van der Waals surface area (Å²) in [6.07, 6.45) is -2.09. The summed E-state index contributed by atoms with van der Waals surface area (Å²) in [6, 6.07) is 1.70. The van der Waals surface area contributed by atoms with Gasteiger partial charge in [-0.25, -0.2) is 4.79 Å². The molecule has 182 valence electrons. The highest BCUT2D eigenvalue weighted by Gasteiger charge is 2.45. The third kappa shape index (κ3) is 7.45. The molecule has 1 N–H and O–H groups in total. The highest BCUT2D eigenvalue weighted by atomic mass is 19.4. The fourth-order valence-corrected chi connectivity index (χ4v) is 4.02. The summed E-state index contributed by atoms with van der Waals surface area (Å²) in [4.78, 5) is 25.7. The van der Waals surface area contributed by atoms with Gasteiger partial charge < -0.3 is 28.9 Å². The Morgan fingerprint density at radius 2 is 2.12 bits per heavy atom. The lowest BCUT2D eigenvalue weighted by molar-refractivity contribution is -0.192. The number of halogens is 3. The first-order valence-electron chi connectivity index (χ1n) is 10.3. The third-order valence-electron chi connectivity index (χ3n) is 5.45. The van der Waals surface area contributed by atoms with Crippen LogP contribution in [-0.2, 0) is 14.3 Å². The van der Waals surface area contributed by atoms with Gasteiger partial charge in [-0.2, -0.15) is 13.2 Å². The molecule has 3 heterocycles. The van der Waals surface area contributed by atoms with Crippen LogP contribution in [0.4, 0.5) is 13.2 Å². The average Bonchev–Trinajstić information content (AvgIpc) is 3.32. The number of carboxylic acid groups (broad SMARTS) is 1. The Morgan fingerprint density at radius 3 is 2.69 bits per heavy atom. The molecule has 2 aliphatic heterocycles. The molecule has 32 heavy (non-hydrogen) atoms. The van der Waals surface area contributed by atoms with Gasteiger partial charge in [0, 0.05) is 32.8 Å². The zero-order valence-corrected chi connectivity index (χ0v) is 18.5. The van der Waals surface area contributed by atoms with Gasteiger partial charge in [-0.1, -0.05) is 5.16 Å². The summed E-state index contributed by atoms with van der Waals surface area (Å²) in [5, 5.41) is 11.0. The van der Waals surface area contributed by atoms with E-state index in [1.807, 2.05) is 4.90 Å². The second-order valence-electron chi connectivity index (χ2n) is 8.28. The van der Waals surface area contributed by atoms with Crippen molar-refractivity contribution in [2.45, 2.75) is 38.0 Å². The van der Waals surface area contributed by atoms with E-state index in [0.717, 1.165) is 52.1 Å². The minimum absolute atomic E-state index is 0.0554. The van der Waals surface area contributed by atoms with Crippen molar-refractivity contribution in [2.75, 3.05) is 53.6 Å². The van der Waals surface area contributed by atoms with Crippen LogP contribution >= 0.6 is 0 Å². The number of likely N-dealkylation sites (tertiary alicyclic amines) is 1. The number of alkyl halides is 3. The van der Waals surface area contributed by atoms with Crippen molar-refractivity contribution in [1.29, 1.82) is 0 Å². The van der Waals surface area contributed by atoms with Gasteiger partial charge in [0.1, 0.15) is 5.76 Å². The standard InChI is InChI=1S/C18H29N3O4.C2HF3O2/c1-14-9-16(19-25-14)17(22)21-6-4-5-18(13-21)10-15(12-24-18)11-20(2)7-8-23-3;3-2(4,5)1(6)7/h9,15H,4-8,10-13H2,1-3H3;(H,6,7). The van der Waals surface area contributed by atoms with Crippen LogP contribution in [0, 0.1) is 12.8 Å². The summed E-state index contributed by atoms with van der Waals surface area (Å²) < 4.78 is 48.1. The van der Waals surface area contributed by atoms with Crippen molar-refractivity contribution in [3.63, 3.8) is 0 Å². The number of nitrogens with zero attached hydrogens (tertiary/aromatic N) is 3. The molecule has 0 aromatic carbocycles. The predicted octanol–water partition coefficient (Wildman–Crippen LogP) is 2.21. The number of methoxy groups -OCH3 is 1. The number of rotatable bonds is 6. The molecule has 1 spiro atoms. The summed E-state index contributed by atoms with van der Waals surface area (Å²) in [6.45, 7) is 6.64. The number of aryl methyl sites for hydroxylation is 1. The summed E-state index contributed by atoms with van der Waals surface area (Å²) in [5.74, 6) is -1.65. The minimum Gasteiger partial charge on any atom is -0.475 e. The van der Waals surface area contributed by atoms with Crippen molar-refractivity contribution in [3.8, 4) is 0 Å². The lowest BCUT2D eigenvalue weighted by atomic mass is 9.86. The molecule has 2 fully saturated rings. The van der Waals surface area contributed by atoms with E-state index in [-0.39, 0.29) is 11.5 Å². The summed E-state index contributed by atoms with van der Waals surface area (Å²) in [7, 11) is 3.85. The lowest BCUT2D eigenvalue weighted by Crippen LogP contribution is -2.50. The number of likely N-dealkylation sites (N-methyl/N-ethyl adjacent to an activating group) is 1. The molecule has 3 rings (SSSR count). The summed E-state index contributed by atoms with van der Waals surface area (Å²) >= 11 is 0. The van der Waals surface area contributed by atoms with Crippen LogP contribution in [0.25, 0.3) is 0 Å². The number of carbonyl (C=O) groups excluding carboxylic acids is 1. The first-order chi connectivity index (χ1) is 15.0. The van der Waals surface area contributed by atoms with Crippen molar-refractivity contribution < 1.29 is 41.9 Å². The van der Waals surface area contributed by atoms with Gasteiger partial charge in [0.25, 0.3) is 5.91 Å². The van der Waals surface area contributed by atoms with E-state index in [0.29, 0.717) is 23.9 Å². The van der Waals surface area contributed by atoms with Gasteiger partial charge in [0.15, 0.2) is 5.69 Å². The van der Waals surface area contributed by atoms with Gasteiger partial charge in [0.2, 0.25) is 0 Å². The number of piperidine rings is 1. The first-order valence-corrected chi connectivity index (χ1v) is 10.3. The molecule has 0 radical (unpaired) electrons. The molecule has 12 heteroatoms. The van der Waals surface area contributed by atoms with Crippen molar-refractivity contribution >= 4 is 11.9 Å². The van der Waals surface area contributed by atoms with Crippen LogP contribution in [-0.4, -0.2) is 97.3 Å². The predicted molar refractivity (Wildman–Crippen MR) is 106 cm³/mol. The van der Waals surface area contributed by atoms with Crippen LogP contribution in [0.1, 0.15) is 35.5 Å². The van der Waals surface area contributed by atoms with Gasteiger partial charge >= 0.3 is 12.1 Å². The van der Waals surface area contributed by atoms with Gasteiger partial charge in [-0.3, -0.25) is 4.79 Å². The van der Waals surface area contributed by atoms with E-state index in [4.69, 9.17) is 23.9 Å². The Balaban J connectivity index is 0.000000451. The number of carbonyl (C=O) groups is 2. The molecule has 0 aliphatic carbocycles. The molecule has 2 unspecified atom stereocenters. The molecule has 2 atom stereocenters. The van der Waals surface area contributed by atoms with E-state index in [1.165, 1.54) is 0 Å². The molecule has 0 bridgehead atoms. The molecule has 9 nitrogen and oxygen atoms in total. The van der Waals surface area contributed by atoms with Crippen LogP contribution in [0.5, 0.6) is 0 Å². The van der Waals surface area contributed by atoms with Crippen LogP contribution in [0.2, 0.25) is 0 Å². The lowest BCUT2D eigenvalue weighted by Gasteiger charge is -2.39. The maximum atomic E-state index is 12.7. The van der Waals surface area contributed by atoms with E-state index in [9.17, 15) is 18.0 Å². The SMILES string of the molecule is COCCN(C)CC1COC2(CCCN(C(=O)c3cc(C)on3)C2)C1.O=C(O)C(F)(F)F. The van der Waals surface area contributed by atoms with Crippen LogP contribution in [0.15, 0.2) is 10.6 Å². The van der Waals surface area contributed by atoms with Gasteiger partial charge in [-0.15, -0.1) is 0 Å². The number of amides is 1. The largest absolute Gasteiger partial charge is 0.490 e. The highest BCUT2D eigenvalue weighted by molar-refractivity contribution is 5.92. The second-order valence-corrected chi connectivity index (χ2v) is 8.28. The monoisotopic (exact) mass is 465 g/mol. The Labute approximate surface area is 184 Å². The number of carboxylic acids is 1. The maximum absolute atomic E-state index is 12.7.